The fraction of sp³-hybridized carbons (Fsp3) is 0.542. The van der Waals surface area contributed by atoms with Crippen molar-refractivity contribution in [2.45, 2.75) is 63.7 Å². The van der Waals surface area contributed by atoms with E-state index in [2.05, 4.69) is 33.6 Å². The van der Waals surface area contributed by atoms with Gasteiger partial charge < -0.3 is 43.4 Å². The van der Waals surface area contributed by atoms with Crippen molar-refractivity contribution in [1.82, 2.24) is 16.0 Å². The number of carbonyl (C=O) groups is 4. The Kier molecular flexibility index (Phi) is 14.0. The van der Waals surface area contributed by atoms with Gasteiger partial charge in [0.15, 0.2) is 5.96 Å². The molecule has 0 spiro atoms. The Morgan fingerprint density at radius 3 is 2.13 bits per heavy atom. The van der Waals surface area contributed by atoms with Crippen LogP contribution in [0.5, 0.6) is 5.75 Å². The van der Waals surface area contributed by atoms with Crippen molar-refractivity contribution in [3.05, 3.63) is 29.8 Å². The number of hydrogen-bond acceptors (Lipinski definition) is 8. The molecule has 0 aliphatic heterocycles. The van der Waals surface area contributed by atoms with Gasteiger partial charge in [-0.25, -0.2) is 4.79 Å². The molecule has 1 aromatic carbocycles. The molecule has 0 aromatic heterocycles. The quantitative estimate of drug-likeness (QED) is 0.0518. The van der Waals surface area contributed by atoms with Gasteiger partial charge in [-0.15, -0.1) is 0 Å². The normalized spacial score (nSPS) is 14.7. The summed E-state index contributed by atoms with van der Waals surface area (Å²) >= 11 is 3.95. The number of amides is 3. The Hall–Kier alpha value is -3.52. The number of aliphatic carboxylic acids is 1. The van der Waals surface area contributed by atoms with E-state index in [-0.39, 0.29) is 42.8 Å². The van der Waals surface area contributed by atoms with Crippen molar-refractivity contribution in [3.63, 3.8) is 0 Å². The number of nitrogens with two attached hydrogens (primary N) is 3. The molecule has 0 aliphatic carbocycles. The van der Waals surface area contributed by atoms with E-state index in [1.54, 1.807) is 19.1 Å². The lowest BCUT2D eigenvalue weighted by Gasteiger charge is -2.28. The average Bonchev–Trinajstić information content (AvgIpc) is 2.87. The lowest BCUT2D eigenvalue weighted by molar-refractivity contribution is -0.142. The molecule has 0 saturated carbocycles. The summed E-state index contributed by atoms with van der Waals surface area (Å²) < 4.78 is 0. The van der Waals surface area contributed by atoms with Crippen molar-refractivity contribution in [2.24, 2.45) is 28.1 Å². The maximum atomic E-state index is 13.3. The fourth-order valence-electron chi connectivity index (χ4n) is 3.43. The monoisotopic (exact) mass is 553 g/mol. The molecule has 0 bridgehead atoms. The maximum absolute atomic E-state index is 13.3. The number of rotatable bonds is 16. The molecule has 1 rings (SSSR count). The van der Waals surface area contributed by atoms with Crippen molar-refractivity contribution in [3.8, 4) is 5.75 Å². The summed E-state index contributed by atoms with van der Waals surface area (Å²) in [5, 5.41) is 26.3. The molecular weight excluding hydrogens is 514 g/mol. The summed E-state index contributed by atoms with van der Waals surface area (Å²) in [5.74, 6) is -3.68. The predicted molar refractivity (Wildman–Crippen MR) is 146 cm³/mol. The second-order valence-electron chi connectivity index (χ2n) is 8.94. The summed E-state index contributed by atoms with van der Waals surface area (Å²) in [6.45, 7) is 3.77. The SMILES string of the molecule is CCC(C)C(NC(=O)C(CCCN=C(N)N)NC(=O)C(N)Cc1ccc(O)cc1)C(=O)NC(CS)C(=O)O. The van der Waals surface area contributed by atoms with Crippen LogP contribution in [-0.4, -0.2) is 76.3 Å². The number of thiol groups is 1. The van der Waals surface area contributed by atoms with Crippen LogP contribution in [0.4, 0.5) is 0 Å². The Labute approximate surface area is 227 Å². The number of carboxylic acid groups (broad SMARTS) is 1. The summed E-state index contributed by atoms with van der Waals surface area (Å²) in [5.41, 5.74) is 17.5. The summed E-state index contributed by atoms with van der Waals surface area (Å²) in [4.78, 5) is 54.2. The number of hydrogen-bond donors (Lipinski definition) is 9. The molecule has 0 fully saturated rings. The molecule has 0 radical (unpaired) electrons. The number of guanidine groups is 1. The standard InChI is InChI=1S/C24H39N7O6S/c1-3-13(2)19(22(35)30-18(12-38)23(36)37)31-21(34)17(5-4-10-28-24(26)27)29-20(33)16(25)11-14-6-8-15(32)9-7-14/h6-9,13,16-19,32,38H,3-5,10-12,25H2,1-2H3,(H,29,33)(H,30,35)(H,31,34)(H,36,37)(H4,26,27,28). The zero-order valence-electron chi connectivity index (χ0n) is 21.6. The number of nitrogens with one attached hydrogen (secondary N) is 3. The zero-order valence-corrected chi connectivity index (χ0v) is 22.5. The van der Waals surface area contributed by atoms with Crippen molar-refractivity contribution >= 4 is 42.3 Å². The van der Waals surface area contributed by atoms with Gasteiger partial charge in [0.2, 0.25) is 17.7 Å². The minimum absolute atomic E-state index is 0.0771. The molecule has 212 valence electrons. The van der Waals surface area contributed by atoms with E-state index < -0.39 is 47.9 Å². The molecule has 38 heavy (non-hydrogen) atoms. The number of aromatic hydroxyl groups is 1. The number of phenolic OH excluding ortho intramolecular Hbond substituents is 1. The molecule has 0 heterocycles. The van der Waals surface area contributed by atoms with Crippen LogP contribution in [-0.2, 0) is 25.6 Å². The molecule has 13 nitrogen and oxygen atoms in total. The third-order valence-electron chi connectivity index (χ3n) is 5.90. The highest BCUT2D eigenvalue weighted by atomic mass is 32.1. The van der Waals surface area contributed by atoms with Crippen LogP contribution < -0.4 is 33.2 Å². The molecule has 0 saturated heterocycles. The van der Waals surface area contributed by atoms with E-state index in [9.17, 15) is 29.4 Å². The largest absolute Gasteiger partial charge is 0.508 e. The van der Waals surface area contributed by atoms with Gasteiger partial charge in [0.25, 0.3) is 0 Å². The number of aliphatic imine (C=N–C) groups is 1. The Bertz CT molecular complexity index is 972. The van der Waals surface area contributed by atoms with E-state index in [0.29, 0.717) is 18.4 Å². The van der Waals surface area contributed by atoms with Gasteiger partial charge in [-0.2, -0.15) is 12.6 Å². The van der Waals surface area contributed by atoms with Gasteiger partial charge in [-0.1, -0.05) is 32.4 Å². The van der Waals surface area contributed by atoms with Crippen LogP contribution in [0.2, 0.25) is 0 Å². The van der Waals surface area contributed by atoms with Gasteiger partial charge in [-0.3, -0.25) is 19.4 Å². The highest BCUT2D eigenvalue weighted by Crippen LogP contribution is 2.12. The van der Waals surface area contributed by atoms with E-state index in [1.807, 2.05) is 6.92 Å². The molecule has 5 unspecified atom stereocenters. The van der Waals surface area contributed by atoms with Gasteiger partial charge in [-0.05, 0) is 42.9 Å². The smallest absolute Gasteiger partial charge is 0.327 e. The predicted octanol–water partition coefficient (Wildman–Crippen LogP) is -1.17. The molecule has 14 heteroatoms. The minimum Gasteiger partial charge on any atom is -0.508 e. The van der Waals surface area contributed by atoms with Gasteiger partial charge in [0, 0.05) is 12.3 Å². The molecule has 3 amide bonds. The lowest BCUT2D eigenvalue weighted by atomic mass is 9.97. The number of benzene rings is 1. The van der Waals surface area contributed by atoms with Crippen LogP contribution in [0.3, 0.4) is 0 Å². The summed E-state index contributed by atoms with van der Waals surface area (Å²) in [6, 6.07) is 1.86. The topological polar surface area (TPSA) is 235 Å². The number of phenols is 1. The Balaban J connectivity index is 3.03. The van der Waals surface area contributed by atoms with E-state index in [4.69, 9.17) is 17.2 Å². The molecular formula is C24H39N7O6S. The van der Waals surface area contributed by atoms with Gasteiger partial charge in [0.05, 0.1) is 6.04 Å². The first-order valence-corrected chi connectivity index (χ1v) is 12.9. The van der Waals surface area contributed by atoms with E-state index in [1.165, 1.54) is 12.1 Å². The maximum Gasteiger partial charge on any atom is 0.327 e. The van der Waals surface area contributed by atoms with Crippen molar-refractivity contribution in [2.75, 3.05) is 12.3 Å². The van der Waals surface area contributed by atoms with Crippen molar-refractivity contribution in [1.29, 1.82) is 0 Å². The Morgan fingerprint density at radius 1 is 1.00 bits per heavy atom. The van der Waals surface area contributed by atoms with E-state index >= 15 is 0 Å². The molecule has 11 N–H and O–H groups in total. The van der Waals surface area contributed by atoms with Crippen molar-refractivity contribution < 1.29 is 29.4 Å². The Morgan fingerprint density at radius 2 is 1.61 bits per heavy atom. The minimum atomic E-state index is -1.25. The number of carbonyl (C=O) groups excluding carboxylic acids is 3. The number of carboxylic acids is 1. The highest BCUT2D eigenvalue weighted by molar-refractivity contribution is 7.80. The van der Waals surface area contributed by atoms with Crippen LogP contribution in [0.15, 0.2) is 29.3 Å². The average molecular weight is 554 g/mol. The van der Waals surface area contributed by atoms with Crippen LogP contribution in [0.1, 0.15) is 38.7 Å². The second kappa shape index (κ2) is 16.3. The van der Waals surface area contributed by atoms with Crippen LogP contribution in [0, 0.1) is 5.92 Å². The summed E-state index contributed by atoms with van der Waals surface area (Å²) in [6.07, 6.45) is 1.15. The molecule has 0 aliphatic rings. The van der Waals surface area contributed by atoms with Gasteiger partial charge in [0.1, 0.15) is 23.9 Å². The highest BCUT2D eigenvalue weighted by Gasteiger charge is 2.32. The molecule has 5 atom stereocenters. The first-order valence-electron chi connectivity index (χ1n) is 12.2. The third-order valence-corrected chi connectivity index (χ3v) is 6.26. The van der Waals surface area contributed by atoms with Crippen LogP contribution in [0.25, 0.3) is 0 Å². The van der Waals surface area contributed by atoms with E-state index in [0.717, 1.165) is 0 Å². The first kappa shape index (κ1) is 32.5. The summed E-state index contributed by atoms with van der Waals surface area (Å²) in [7, 11) is 0. The molecule has 1 aromatic rings. The van der Waals surface area contributed by atoms with Gasteiger partial charge >= 0.3 is 5.97 Å². The number of nitrogens with zero attached hydrogens (tertiary/aromatic N) is 1. The van der Waals surface area contributed by atoms with Crippen LogP contribution >= 0.6 is 12.6 Å². The fourth-order valence-corrected chi connectivity index (χ4v) is 3.68. The third kappa shape index (κ3) is 11.3. The lowest BCUT2D eigenvalue weighted by Crippen LogP contribution is -2.59. The second-order valence-corrected chi connectivity index (χ2v) is 9.31. The zero-order chi connectivity index (χ0) is 28.8. The first-order chi connectivity index (χ1) is 17.9.